The van der Waals surface area contributed by atoms with Gasteiger partial charge in [-0.1, -0.05) is 41.5 Å². The van der Waals surface area contributed by atoms with E-state index in [4.69, 9.17) is 0 Å². The van der Waals surface area contributed by atoms with Crippen LogP contribution in [0, 0.1) is 18.3 Å². The van der Waals surface area contributed by atoms with Gasteiger partial charge >= 0.3 is 0 Å². The molecule has 0 saturated carbocycles. The van der Waals surface area contributed by atoms with Crippen LogP contribution in [0.5, 0.6) is 0 Å². The number of rotatable bonds is 0. The summed E-state index contributed by atoms with van der Waals surface area (Å²) >= 11 is 0. The van der Waals surface area contributed by atoms with Crippen LogP contribution in [0.3, 0.4) is 0 Å². The first kappa shape index (κ1) is 16.9. The van der Waals surface area contributed by atoms with Crippen molar-refractivity contribution >= 4 is 0 Å². The van der Waals surface area contributed by atoms with Gasteiger partial charge in [-0.05, 0) is 31.8 Å². The molecule has 1 heterocycles. The van der Waals surface area contributed by atoms with E-state index in [-0.39, 0.29) is 7.43 Å². The topological polar surface area (TPSA) is 6.48 Å². The monoisotopic (exact) mass is 241 g/mol. The minimum absolute atomic E-state index is 0. The van der Waals surface area contributed by atoms with Crippen molar-refractivity contribution in [1.82, 2.24) is 9.80 Å². The summed E-state index contributed by atoms with van der Waals surface area (Å²) in [4.78, 5) is 5.08. The third-order valence-electron chi connectivity index (χ3n) is 4.13. The molecule has 0 aliphatic carbocycles. The van der Waals surface area contributed by atoms with Crippen LogP contribution in [0.1, 0.15) is 48.5 Å². The molecule has 17 heavy (non-hydrogen) atoms. The lowest BCUT2D eigenvalue weighted by Crippen LogP contribution is -2.50. The van der Waals surface area contributed by atoms with Crippen LogP contribution < -0.4 is 0 Å². The molecule has 2 nitrogen and oxygen atoms in total. The smallest absolute Gasteiger partial charge is 0.0594 e. The normalized spacial score (nSPS) is 32.6. The van der Waals surface area contributed by atoms with Gasteiger partial charge in [-0.15, -0.1) is 0 Å². The van der Waals surface area contributed by atoms with Crippen LogP contribution in [0.2, 0.25) is 0 Å². The summed E-state index contributed by atoms with van der Waals surface area (Å²) in [6.45, 7) is 16.5. The lowest BCUT2D eigenvalue weighted by Gasteiger charge is -2.42. The Morgan fingerprint density at radius 1 is 0.706 bits per heavy atom. The van der Waals surface area contributed by atoms with Gasteiger partial charge in [0.2, 0.25) is 0 Å². The Morgan fingerprint density at radius 2 is 0.941 bits per heavy atom. The maximum Gasteiger partial charge on any atom is 0.0594 e. The van der Waals surface area contributed by atoms with E-state index in [0.717, 1.165) is 0 Å². The molecule has 1 aliphatic rings. The Balaban J connectivity index is 0.00000256. The molecule has 0 radical (unpaired) electrons. The number of likely N-dealkylation sites (N-methyl/N-ethyl adjacent to an activating group) is 2. The summed E-state index contributed by atoms with van der Waals surface area (Å²) in [5.41, 5.74) is 0.650. The predicted octanol–water partition coefficient (Wildman–Crippen LogP) is 3.49. The predicted molar refractivity (Wildman–Crippen MR) is 77.9 cm³/mol. The van der Waals surface area contributed by atoms with Crippen molar-refractivity contribution in [3.63, 3.8) is 0 Å². The molecular formula is C15H33N2-. The zero-order valence-electron chi connectivity index (χ0n) is 13.6. The van der Waals surface area contributed by atoms with Gasteiger partial charge in [-0.2, -0.15) is 0 Å². The van der Waals surface area contributed by atoms with Gasteiger partial charge in [-0.3, -0.25) is 9.80 Å². The van der Waals surface area contributed by atoms with Crippen molar-refractivity contribution in [2.45, 2.75) is 66.7 Å². The zero-order valence-corrected chi connectivity index (χ0v) is 13.6. The minimum Gasteiger partial charge on any atom is -0.358 e. The molecule has 2 atom stereocenters. The maximum atomic E-state index is 2.54. The average Bonchev–Trinajstić information content (AvgIpc) is 2.27. The van der Waals surface area contributed by atoms with E-state index in [9.17, 15) is 0 Å². The van der Waals surface area contributed by atoms with E-state index in [0.29, 0.717) is 29.1 Å². The van der Waals surface area contributed by atoms with Crippen LogP contribution in [0.25, 0.3) is 0 Å². The molecule has 104 valence electrons. The van der Waals surface area contributed by atoms with Gasteiger partial charge in [0.05, 0.1) is 6.17 Å². The van der Waals surface area contributed by atoms with Crippen molar-refractivity contribution in [3.05, 3.63) is 7.43 Å². The van der Waals surface area contributed by atoms with E-state index < -0.39 is 0 Å². The third kappa shape index (κ3) is 3.03. The van der Waals surface area contributed by atoms with E-state index in [1.54, 1.807) is 0 Å². The van der Waals surface area contributed by atoms with Gasteiger partial charge in [0.1, 0.15) is 0 Å². The highest BCUT2D eigenvalue weighted by molar-refractivity contribution is 5.04. The molecule has 0 aromatic carbocycles. The van der Waals surface area contributed by atoms with Crippen LogP contribution >= 0.6 is 0 Å². The molecule has 1 rings (SSSR count). The first-order chi connectivity index (χ1) is 6.98. The molecule has 0 bridgehead atoms. The van der Waals surface area contributed by atoms with Gasteiger partial charge in [-0.25, -0.2) is 0 Å². The molecule has 0 amide bonds. The standard InChI is InChI=1S/C14H30N2.CH3/c1-10-15(8)11(13(2,3)4)12(16(10)9)14(5,6)7;/h10-12H,1-9H3;1H3/q;-1. The number of nitrogens with zero attached hydrogens (tertiary/aromatic N) is 2. The highest BCUT2D eigenvalue weighted by atomic mass is 15.4. The van der Waals surface area contributed by atoms with Gasteiger partial charge in [0.15, 0.2) is 0 Å². The Labute approximate surface area is 109 Å². The van der Waals surface area contributed by atoms with Crippen molar-refractivity contribution in [2.75, 3.05) is 14.1 Å². The summed E-state index contributed by atoms with van der Waals surface area (Å²) in [6.07, 6.45) is 0.536. The molecule has 0 N–H and O–H groups in total. The van der Waals surface area contributed by atoms with Crippen LogP contribution in [0.4, 0.5) is 0 Å². The Kier molecular flexibility index (Phi) is 4.87. The molecule has 1 aliphatic heterocycles. The minimum atomic E-state index is 0. The molecule has 0 aromatic heterocycles. The second-order valence-electron chi connectivity index (χ2n) is 7.58. The first-order valence-corrected chi connectivity index (χ1v) is 6.42. The maximum absolute atomic E-state index is 2.54. The molecular weight excluding hydrogens is 208 g/mol. The van der Waals surface area contributed by atoms with Crippen LogP contribution in [0.15, 0.2) is 0 Å². The summed E-state index contributed by atoms with van der Waals surface area (Å²) < 4.78 is 0. The molecule has 2 heteroatoms. The Morgan fingerprint density at radius 3 is 1.12 bits per heavy atom. The third-order valence-corrected chi connectivity index (χ3v) is 4.13. The van der Waals surface area contributed by atoms with Crippen molar-refractivity contribution in [3.8, 4) is 0 Å². The number of hydrogen-bond donors (Lipinski definition) is 0. The van der Waals surface area contributed by atoms with Crippen molar-refractivity contribution in [2.24, 2.45) is 10.8 Å². The fourth-order valence-corrected chi connectivity index (χ4v) is 3.37. The average molecular weight is 241 g/mol. The van der Waals surface area contributed by atoms with Crippen molar-refractivity contribution in [1.29, 1.82) is 0 Å². The fourth-order valence-electron chi connectivity index (χ4n) is 3.37. The SMILES string of the molecule is CC1N(C)C(C(C)(C)C)C(C(C)(C)C)N1C.[CH3-]. The highest BCUT2D eigenvalue weighted by Gasteiger charge is 2.50. The van der Waals surface area contributed by atoms with Crippen molar-refractivity contribution < 1.29 is 0 Å². The zero-order chi connectivity index (χ0) is 12.9. The first-order valence-electron chi connectivity index (χ1n) is 6.42. The largest absolute Gasteiger partial charge is 0.358 e. The summed E-state index contributed by atoms with van der Waals surface area (Å²) in [7, 11) is 4.53. The van der Waals surface area contributed by atoms with Gasteiger partial charge in [0, 0.05) is 12.1 Å². The summed E-state index contributed by atoms with van der Waals surface area (Å²) in [5, 5.41) is 0. The number of hydrogen-bond acceptors (Lipinski definition) is 2. The highest BCUT2D eigenvalue weighted by Crippen LogP contribution is 2.42. The Hall–Kier alpha value is -0.0800. The second-order valence-corrected chi connectivity index (χ2v) is 7.58. The lowest BCUT2D eigenvalue weighted by molar-refractivity contribution is 0.0926. The lowest BCUT2D eigenvalue weighted by atomic mass is 9.73. The second kappa shape index (κ2) is 4.89. The molecule has 0 spiro atoms. The van der Waals surface area contributed by atoms with Crippen LogP contribution in [-0.4, -0.2) is 42.1 Å². The quantitative estimate of drug-likeness (QED) is 0.599. The van der Waals surface area contributed by atoms with Gasteiger partial charge < -0.3 is 7.43 Å². The van der Waals surface area contributed by atoms with E-state index >= 15 is 0 Å². The molecule has 1 saturated heterocycles. The van der Waals surface area contributed by atoms with E-state index in [2.05, 4.69) is 72.4 Å². The molecule has 2 unspecified atom stereocenters. The van der Waals surface area contributed by atoms with Crippen LogP contribution in [-0.2, 0) is 0 Å². The molecule has 0 aromatic rings. The van der Waals surface area contributed by atoms with E-state index in [1.165, 1.54) is 0 Å². The summed E-state index contributed by atoms with van der Waals surface area (Å²) in [6, 6.07) is 1.24. The Bertz CT molecular complexity index is 221. The fraction of sp³-hybridized carbons (Fsp3) is 0.933. The summed E-state index contributed by atoms with van der Waals surface area (Å²) in [5.74, 6) is 0. The van der Waals surface area contributed by atoms with E-state index in [1.807, 2.05) is 0 Å². The van der Waals surface area contributed by atoms with Gasteiger partial charge in [0.25, 0.3) is 0 Å². The molecule has 1 fully saturated rings.